The van der Waals surface area contributed by atoms with E-state index < -0.39 is 0 Å². The highest BCUT2D eigenvalue weighted by Gasteiger charge is 2.14. The minimum atomic E-state index is 0.550. The fraction of sp³-hybridized carbons (Fsp3) is 0.0625. The summed E-state index contributed by atoms with van der Waals surface area (Å²) in [6, 6.07) is 15.9. The van der Waals surface area contributed by atoms with Crippen LogP contribution in [0.5, 0.6) is 0 Å². The van der Waals surface area contributed by atoms with E-state index in [9.17, 15) is 0 Å². The van der Waals surface area contributed by atoms with Crippen LogP contribution in [-0.4, -0.2) is 4.98 Å². The van der Waals surface area contributed by atoms with Crippen molar-refractivity contribution >= 4 is 34.5 Å². The van der Waals surface area contributed by atoms with Gasteiger partial charge < -0.3 is 0 Å². The third kappa shape index (κ3) is 2.59. The van der Waals surface area contributed by atoms with Crippen molar-refractivity contribution in [3.05, 3.63) is 63.6 Å². The second-order valence-electron chi connectivity index (χ2n) is 4.41. The number of thiazole rings is 1. The number of aromatic nitrogens is 1. The molecule has 0 spiro atoms. The molecule has 1 aromatic heterocycles. The zero-order chi connectivity index (χ0) is 14.1. The Labute approximate surface area is 131 Å². The number of nitrogens with zero attached hydrogens (tertiary/aromatic N) is 1. The molecule has 0 fully saturated rings. The highest BCUT2D eigenvalue weighted by molar-refractivity contribution is 7.15. The van der Waals surface area contributed by atoms with E-state index in [-0.39, 0.29) is 0 Å². The van der Waals surface area contributed by atoms with Crippen LogP contribution < -0.4 is 0 Å². The summed E-state index contributed by atoms with van der Waals surface area (Å²) in [5, 5.41) is 2.14. The maximum Gasteiger partial charge on any atom is 0.0908 e. The van der Waals surface area contributed by atoms with Crippen LogP contribution in [0.4, 0.5) is 0 Å². The van der Waals surface area contributed by atoms with Crippen LogP contribution >= 0.6 is 34.5 Å². The van der Waals surface area contributed by atoms with Gasteiger partial charge in [0.25, 0.3) is 0 Å². The van der Waals surface area contributed by atoms with E-state index in [1.165, 1.54) is 5.56 Å². The molecule has 100 valence electrons. The standard InChI is InChI=1S/C16H11Cl2NS/c1-10-19-15(12-7-8-13(17)14(18)9-12)16(20-10)11-5-3-2-4-6-11/h2-9H,1H3. The van der Waals surface area contributed by atoms with Gasteiger partial charge in [-0.15, -0.1) is 11.3 Å². The molecule has 0 aliphatic heterocycles. The number of benzene rings is 2. The van der Waals surface area contributed by atoms with Crippen molar-refractivity contribution in [1.29, 1.82) is 0 Å². The summed E-state index contributed by atoms with van der Waals surface area (Å²) in [5.74, 6) is 0. The molecule has 1 nitrogen and oxygen atoms in total. The average molecular weight is 320 g/mol. The van der Waals surface area contributed by atoms with Crippen LogP contribution in [0, 0.1) is 6.92 Å². The highest BCUT2D eigenvalue weighted by Crippen LogP contribution is 2.38. The second-order valence-corrected chi connectivity index (χ2v) is 6.42. The fourth-order valence-corrected chi connectivity index (χ4v) is 3.30. The molecule has 3 aromatic rings. The topological polar surface area (TPSA) is 12.9 Å². The molecule has 0 saturated heterocycles. The van der Waals surface area contributed by atoms with Gasteiger partial charge in [0.05, 0.1) is 25.6 Å². The van der Waals surface area contributed by atoms with Gasteiger partial charge in [-0.2, -0.15) is 0 Å². The van der Waals surface area contributed by atoms with Gasteiger partial charge in [-0.05, 0) is 24.6 Å². The molecular formula is C16H11Cl2NS. The molecule has 0 unspecified atom stereocenters. The summed E-state index contributed by atoms with van der Waals surface area (Å²) in [6.07, 6.45) is 0. The van der Waals surface area contributed by atoms with Gasteiger partial charge in [-0.25, -0.2) is 4.98 Å². The summed E-state index contributed by atoms with van der Waals surface area (Å²) >= 11 is 13.8. The summed E-state index contributed by atoms with van der Waals surface area (Å²) in [7, 11) is 0. The third-order valence-electron chi connectivity index (χ3n) is 2.96. The van der Waals surface area contributed by atoms with Gasteiger partial charge in [-0.3, -0.25) is 0 Å². The van der Waals surface area contributed by atoms with E-state index in [1.54, 1.807) is 11.3 Å². The summed E-state index contributed by atoms with van der Waals surface area (Å²) in [5.41, 5.74) is 3.11. The largest absolute Gasteiger partial charge is 0.241 e. The molecular weight excluding hydrogens is 309 g/mol. The zero-order valence-electron chi connectivity index (χ0n) is 10.7. The van der Waals surface area contributed by atoms with Crippen molar-refractivity contribution in [3.8, 4) is 21.7 Å². The molecule has 3 rings (SSSR count). The van der Waals surface area contributed by atoms with Crippen molar-refractivity contribution in [2.45, 2.75) is 6.92 Å². The molecule has 0 aliphatic carbocycles. The van der Waals surface area contributed by atoms with Crippen molar-refractivity contribution < 1.29 is 0 Å². The number of hydrogen-bond donors (Lipinski definition) is 0. The zero-order valence-corrected chi connectivity index (χ0v) is 13.1. The van der Waals surface area contributed by atoms with Gasteiger partial charge in [-0.1, -0.05) is 59.6 Å². The third-order valence-corrected chi connectivity index (χ3v) is 4.72. The maximum absolute atomic E-state index is 6.11. The second kappa shape index (κ2) is 5.57. The number of rotatable bonds is 2. The van der Waals surface area contributed by atoms with Crippen LogP contribution in [0.2, 0.25) is 10.0 Å². The molecule has 0 saturated carbocycles. The van der Waals surface area contributed by atoms with Gasteiger partial charge in [0.15, 0.2) is 0 Å². The summed E-state index contributed by atoms with van der Waals surface area (Å²) in [6.45, 7) is 2.01. The molecule has 0 amide bonds. The van der Waals surface area contributed by atoms with Crippen LogP contribution in [0.25, 0.3) is 21.7 Å². The van der Waals surface area contributed by atoms with Crippen molar-refractivity contribution in [2.75, 3.05) is 0 Å². The van der Waals surface area contributed by atoms with Gasteiger partial charge in [0, 0.05) is 5.56 Å². The first kappa shape index (κ1) is 13.6. The Hall–Kier alpha value is -1.35. The van der Waals surface area contributed by atoms with E-state index in [1.807, 2.05) is 43.3 Å². The van der Waals surface area contributed by atoms with E-state index in [2.05, 4.69) is 17.1 Å². The Kier molecular flexibility index (Phi) is 3.79. The number of halogens is 2. The van der Waals surface area contributed by atoms with Crippen LogP contribution in [-0.2, 0) is 0 Å². The minimum Gasteiger partial charge on any atom is -0.241 e. The van der Waals surface area contributed by atoms with Crippen molar-refractivity contribution in [2.24, 2.45) is 0 Å². The molecule has 1 heterocycles. The van der Waals surface area contributed by atoms with Crippen LogP contribution in [0.15, 0.2) is 48.5 Å². The molecule has 0 atom stereocenters. The normalized spacial score (nSPS) is 10.8. The van der Waals surface area contributed by atoms with E-state index in [0.29, 0.717) is 10.0 Å². The van der Waals surface area contributed by atoms with Crippen LogP contribution in [0.1, 0.15) is 5.01 Å². The number of hydrogen-bond acceptors (Lipinski definition) is 2. The first-order valence-corrected chi connectivity index (χ1v) is 7.70. The Balaban J connectivity index is 2.17. The summed E-state index contributed by atoms with van der Waals surface area (Å²) < 4.78 is 0. The van der Waals surface area contributed by atoms with Crippen molar-refractivity contribution in [3.63, 3.8) is 0 Å². The van der Waals surface area contributed by atoms with E-state index >= 15 is 0 Å². The highest BCUT2D eigenvalue weighted by atomic mass is 35.5. The lowest BCUT2D eigenvalue weighted by atomic mass is 10.1. The molecule has 0 radical (unpaired) electrons. The Bertz CT molecular complexity index is 750. The Morgan fingerprint density at radius 2 is 1.65 bits per heavy atom. The van der Waals surface area contributed by atoms with Crippen LogP contribution in [0.3, 0.4) is 0 Å². The minimum absolute atomic E-state index is 0.550. The molecule has 20 heavy (non-hydrogen) atoms. The molecule has 0 N–H and O–H groups in total. The molecule has 0 bridgehead atoms. The molecule has 2 aromatic carbocycles. The first-order valence-electron chi connectivity index (χ1n) is 6.13. The van der Waals surface area contributed by atoms with Gasteiger partial charge in [0.2, 0.25) is 0 Å². The lowest BCUT2D eigenvalue weighted by molar-refractivity contribution is 1.30. The first-order chi connectivity index (χ1) is 9.65. The smallest absolute Gasteiger partial charge is 0.0908 e. The lowest BCUT2D eigenvalue weighted by Gasteiger charge is -2.04. The lowest BCUT2D eigenvalue weighted by Crippen LogP contribution is -1.83. The average Bonchev–Trinajstić information content (AvgIpc) is 2.85. The van der Waals surface area contributed by atoms with Gasteiger partial charge in [0.1, 0.15) is 0 Å². The predicted octanol–water partition coefficient (Wildman–Crippen LogP) is 6.09. The molecule has 0 aliphatic rings. The molecule has 4 heteroatoms. The van der Waals surface area contributed by atoms with E-state index in [0.717, 1.165) is 21.1 Å². The summed E-state index contributed by atoms with van der Waals surface area (Å²) in [4.78, 5) is 5.80. The SMILES string of the molecule is Cc1nc(-c2ccc(Cl)c(Cl)c2)c(-c2ccccc2)s1. The predicted molar refractivity (Wildman–Crippen MR) is 87.7 cm³/mol. The monoisotopic (exact) mass is 319 g/mol. The Morgan fingerprint density at radius 3 is 2.35 bits per heavy atom. The van der Waals surface area contributed by atoms with Crippen molar-refractivity contribution in [1.82, 2.24) is 4.98 Å². The van der Waals surface area contributed by atoms with Gasteiger partial charge >= 0.3 is 0 Å². The van der Waals surface area contributed by atoms with E-state index in [4.69, 9.17) is 23.2 Å². The maximum atomic E-state index is 6.11. The quantitative estimate of drug-likeness (QED) is 0.556. The number of aryl methyl sites for hydroxylation is 1. The Morgan fingerprint density at radius 1 is 0.900 bits per heavy atom. The fourth-order valence-electron chi connectivity index (χ4n) is 2.05.